The first-order valence-electron chi connectivity index (χ1n) is 8.98. The van der Waals surface area contributed by atoms with Crippen molar-refractivity contribution in [3.8, 4) is 0 Å². The third kappa shape index (κ3) is 4.25. The first-order chi connectivity index (χ1) is 13.5. The number of allylic oxidation sites excluding steroid dienone is 1. The second kappa shape index (κ2) is 8.47. The summed E-state index contributed by atoms with van der Waals surface area (Å²) in [6.45, 7) is 0. The minimum Gasteiger partial charge on any atom is -0.392 e. The number of hydrogen-bond donors (Lipinski definition) is 4. The van der Waals surface area contributed by atoms with E-state index < -0.39 is 11.9 Å². The van der Waals surface area contributed by atoms with E-state index in [0.717, 1.165) is 5.56 Å². The summed E-state index contributed by atoms with van der Waals surface area (Å²) in [6, 6.07) is 8.99. The zero-order valence-electron chi connectivity index (χ0n) is 15.8. The molecule has 1 aromatic carbocycles. The smallest absolute Gasteiger partial charge is 0.289 e. The van der Waals surface area contributed by atoms with Gasteiger partial charge in [-0.3, -0.25) is 9.59 Å². The van der Waals surface area contributed by atoms with Gasteiger partial charge in [-0.15, -0.1) is 10.2 Å². The Balaban J connectivity index is 1.68. The summed E-state index contributed by atoms with van der Waals surface area (Å²) in [5, 5.41) is 21.6. The van der Waals surface area contributed by atoms with Crippen LogP contribution in [0.3, 0.4) is 0 Å². The van der Waals surface area contributed by atoms with Crippen molar-refractivity contribution in [2.75, 3.05) is 14.1 Å². The molecule has 0 spiro atoms. The Bertz CT molecular complexity index is 904. The van der Waals surface area contributed by atoms with Gasteiger partial charge in [-0.1, -0.05) is 30.3 Å². The van der Waals surface area contributed by atoms with Crippen molar-refractivity contribution in [3.63, 3.8) is 0 Å². The molecule has 2 aromatic rings. The number of aromatic nitrogens is 3. The first-order valence-corrected chi connectivity index (χ1v) is 8.98. The minimum atomic E-state index is -0.733. The fourth-order valence-electron chi connectivity index (χ4n) is 3.04. The van der Waals surface area contributed by atoms with Crippen molar-refractivity contribution >= 4 is 17.5 Å². The van der Waals surface area contributed by atoms with Gasteiger partial charge >= 0.3 is 0 Å². The average Bonchev–Trinajstić information content (AvgIpc) is 3.13. The third-order valence-electron chi connectivity index (χ3n) is 4.53. The summed E-state index contributed by atoms with van der Waals surface area (Å²) in [5.74, 6) is -0.138. The van der Waals surface area contributed by atoms with E-state index in [0.29, 0.717) is 36.5 Å². The second-order valence-electron chi connectivity index (χ2n) is 6.54. The maximum Gasteiger partial charge on any atom is 0.289 e. The van der Waals surface area contributed by atoms with Crippen LogP contribution in [0.25, 0.3) is 0 Å². The number of nitrogens with one attached hydrogen (secondary N) is 4. The van der Waals surface area contributed by atoms with Crippen LogP contribution in [0.2, 0.25) is 0 Å². The number of carbonyl (C=O) groups excluding carboxylic acids is 2. The van der Waals surface area contributed by atoms with Crippen LogP contribution in [0.15, 0.2) is 42.2 Å². The zero-order chi connectivity index (χ0) is 20.1. The molecule has 1 aliphatic heterocycles. The fourth-order valence-corrected chi connectivity index (χ4v) is 3.04. The lowest BCUT2D eigenvalue weighted by atomic mass is 10.1. The van der Waals surface area contributed by atoms with E-state index >= 15 is 0 Å². The molecule has 1 aliphatic rings. The SMILES string of the molecule is CN/C=C1\C(=N)CC[C@@H](NC(=O)c2nnc(Cc3ccccc3)[nH]2)C(=O)N1C. The molecule has 0 radical (unpaired) electrons. The van der Waals surface area contributed by atoms with E-state index in [-0.39, 0.29) is 11.7 Å². The summed E-state index contributed by atoms with van der Waals surface area (Å²) in [6.07, 6.45) is 2.86. The molecule has 28 heavy (non-hydrogen) atoms. The molecule has 0 unspecified atom stereocenters. The van der Waals surface area contributed by atoms with Crippen molar-refractivity contribution < 1.29 is 9.59 Å². The third-order valence-corrected chi connectivity index (χ3v) is 4.53. The highest BCUT2D eigenvalue weighted by Gasteiger charge is 2.31. The molecular formula is C19H23N7O2. The maximum absolute atomic E-state index is 12.7. The highest BCUT2D eigenvalue weighted by molar-refractivity contribution is 6.04. The Kier molecular flexibility index (Phi) is 5.83. The van der Waals surface area contributed by atoms with Gasteiger partial charge in [0, 0.05) is 26.7 Å². The molecule has 1 fully saturated rings. The monoisotopic (exact) mass is 381 g/mol. The van der Waals surface area contributed by atoms with Crippen molar-refractivity contribution in [3.05, 3.63) is 59.4 Å². The quantitative estimate of drug-likeness (QED) is 0.610. The standard InChI is InChI=1S/C19H23N7O2/c1-21-11-15-13(20)8-9-14(19(28)26(15)2)22-18(27)17-23-16(24-25-17)10-12-6-4-3-5-7-12/h3-7,11,14,20-21H,8-10H2,1-2H3,(H,22,27)(H,23,24,25)/b15-11+,20-13?/t14-/m1/s1. The molecule has 1 saturated heterocycles. The predicted octanol–water partition coefficient (Wildman–Crippen LogP) is 0.827. The minimum absolute atomic E-state index is 0.0618. The average molecular weight is 381 g/mol. The normalized spacial score (nSPS) is 18.9. The molecule has 2 amide bonds. The van der Waals surface area contributed by atoms with E-state index in [1.54, 1.807) is 20.3 Å². The van der Waals surface area contributed by atoms with Crippen molar-refractivity contribution in [2.45, 2.75) is 25.3 Å². The molecule has 0 aliphatic carbocycles. The molecule has 4 N–H and O–H groups in total. The Morgan fingerprint density at radius 1 is 1.36 bits per heavy atom. The number of H-pyrrole nitrogens is 1. The lowest BCUT2D eigenvalue weighted by molar-refractivity contribution is -0.129. The molecule has 1 atom stereocenters. The molecule has 2 heterocycles. The molecular weight excluding hydrogens is 358 g/mol. The van der Waals surface area contributed by atoms with Crippen LogP contribution in [0.4, 0.5) is 0 Å². The number of amides is 2. The van der Waals surface area contributed by atoms with Gasteiger partial charge in [0.05, 0.1) is 11.4 Å². The van der Waals surface area contributed by atoms with Gasteiger partial charge in [-0.25, -0.2) is 0 Å². The molecule has 9 heteroatoms. The largest absolute Gasteiger partial charge is 0.392 e. The summed E-state index contributed by atoms with van der Waals surface area (Å²) in [7, 11) is 3.30. The van der Waals surface area contributed by atoms with Gasteiger partial charge in [0.25, 0.3) is 5.91 Å². The van der Waals surface area contributed by atoms with E-state index in [2.05, 4.69) is 25.8 Å². The summed E-state index contributed by atoms with van der Waals surface area (Å²) >= 11 is 0. The van der Waals surface area contributed by atoms with Crippen LogP contribution in [0, 0.1) is 5.41 Å². The second-order valence-corrected chi connectivity index (χ2v) is 6.54. The Labute approximate surface area is 162 Å². The summed E-state index contributed by atoms with van der Waals surface area (Å²) in [5.41, 5.74) is 1.88. The molecule has 0 bridgehead atoms. The van der Waals surface area contributed by atoms with E-state index in [1.807, 2.05) is 30.3 Å². The molecule has 1 aromatic heterocycles. The summed E-state index contributed by atoms with van der Waals surface area (Å²) in [4.78, 5) is 29.5. The van der Waals surface area contributed by atoms with Crippen LogP contribution in [-0.4, -0.2) is 57.7 Å². The van der Waals surface area contributed by atoms with Crippen molar-refractivity contribution in [1.82, 2.24) is 30.7 Å². The van der Waals surface area contributed by atoms with Gasteiger partial charge in [0.2, 0.25) is 11.7 Å². The van der Waals surface area contributed by atoms with E-state index in [9.17, 15) is 9.59 Å². The number of nitrogens with zero attached hydrogens (tertiary/aromatic N) is 3. The maximum atomic E-state index is 12.7. The van der Waals surface area contributed by atoms with Crippen LogP contribution in [-0.2, 0) is 11.2 Å². The first kappa shape index (κ1) is 19.3. The summed E-state index contributed by atoms with van der Waals surface area (Å²) < 4.78 is 0. The number of benzene rings is 1. The zero-order valence-corrected chi connectivity index (χ0v) is 15.8. The number of likely N-dealkylation sites (tertiary alicyclic amines) is 1. The topological polar surface area (TPSA) is 127 Å². The fraction of sp³-hybridized carbons (Fsp3) is 0.316. The Morgan fingerprint density at radius 2 is 2.11 bits per heavy atom. The van der Waals surface area contributed by atoms with Gasteiger partial charge in [0.1, 0.15) is 11.9 Å². The van der Waals surface area contributed by atoms with Gasteiger partial charge in [0.15, 0.2) is 0 Å². The van der Waals surface area contributed by atoms with E-state index in [1.165, 1.54) is 4.90 Å². The molecule has 3 rings (SSSR count). The van der Waals surface area contributed by atoms with Crippen molar-refractivity contribution in [2.24, 2.45) is 0 Å². The Morgan fingerprint density at radius 3 is 2.82 bits per heavy atom. The van der Waals surface area contributed by atoms with Crippen LogP contribution in [0.1, 0.15) is 34.8 Å². The van der Waals surface area contributed by atoms with E-state index in [4.69, 9.17) is 5.41 Å². The molecule has 9 nitrogen and oxygen atoms in total. The highest BCUT2D eigenvalue weighted by Crippen LogP contribution is 2.17. The van der Waals surface area contributed by atoms with Crippen LogP contribution in [0.5, 0.6) is 0 Å². The number of aromatic amines is 1. The molecule has 146 valence electrons. The molecule has 0 saturated carbocycles. The van der Waals surface area contributed by atoms with Crippen LogP contribution < -0.4 is 10.6 Å². The van der Waals surface area contributed by atoms with Crippen LogP contribution >= 0.6 is 0 Å². The highest BCUT2D eigenvalue weighted by atomic mass is 16.2. The number of carbonyl (C=O) groups is 2. The lowest BCUT2D eigenvalue weighted by Crippen LogP contribution is -2.46. The number of rotatable bonds is 5. The van der Waals surface area contributed by atoms with Gasteiger partial charge in [-0.2, -0.15) is 0 Å². The lowest BCUT2D eigenvalue weighted by Gasteiger charge is -2.22. The van der Waals surface area contributed by atoms with Gasteiger partial charge < -0.3 is 25.9 Å². The Hall–Kier alpha value is -3.49. The number of hydrogen-bond acceptors (Lipinski definition) is 6. The van der Waals surface area contributed by atoms with Gasteiger partial charge in [-0.05, 0) is 18.4 Å². The predicted molar refractivity (Wildman–Crippen MR) is 104 cm³/mol. The number of likely N-dealkylation sites (N-methyl/N-ethyl adjacent to an activating group) is 1. The van der Waals surface area contributed by atoms with Crippen molar-refractivity contribution in [1.29, 1.82) is 5.41 Å².